The van der Waals surface area contributed by atoms with Gasteiger partial charge in [0.1, 0.15) is 4.88 Å². The van der Waals surface area contributed by atoms with E-state index in [9.17, 15) is 9.59 Å². The monoisotopic (exact) mass is 348 g/mol. The van der Waals surface area contributed by atoms with Gasteiger partial charge < -0.3 is 14.5 Å². The number of esters is 1. The lowest BCUT2D eigenvalue weighted by Gasteiger charge is -2.04. The Hall–Kier alpha value is -2.45. The van der Waals surface area contributed by atoms with E-state index in [1.807, 2.05) is 11.4 Å². The zero-order valence-electron chi connectivity index (χ0n) is 12.1. The van der Waals surface area contributed by atoms with Crippen LogP contribution in [0.1, 0.15) is 15.4 Å². The third kappa shape index (κ3) is 3.49. The molecule has 0 aliphatic heterocycles. The second-order valence-electron chi connectivity index (χ2n) is 4.50. The molecule has 0 aromatic carbocycles. The molecule has 0 spiro atoms. The predicted octanol–water partition coefficient (Wildman–Crippen LogP) is 3.43. The fraction of sp³-hybridized carbons (Fsp3) is 0.133. The van der Waals surface area contributed by atoms with E-state index < -0.39 is 5.97 Å². The SMILES string of the molecule is COC(=O)c1sccc1NC(=O)Cc1csc(-c2ccco2)n1. The highest BCUT2D eigenvalue weighted by Gasteiger charge is 2.16. The number of nitrogens with zero attached hydrogens (tertiary/aromatic N) is 1. The third-order valence-corrected chi connectivity index (χ3v) is 4.74. The van der Waals surface area contributed by atoms with Gasteiger partial charge >= 0.3 is 5.97 Å². The standard InChI is InChI=1S/C15H12N2O4S2/c1-20-15(19)13-10(4-6-22-13)17-12(18)7-9-8-23-14(16-9)11-3-2-5-21-11/h2-6,8H,7H2,1H3,(H,17,18). The van der Waals surface area contributed by atoms with Gasteiger partial charge in [-0.25, -0.2) is 9.78 Å². The highest BCUT2D eigenvalue weighted by molar-refractivity contribution is 7.13. The maximum absolute atomic E-state index is 12.1. The number of hydrogen-bond acceptors (Lipinski definition) is 7. The minimum atomic E-state index is -0.468. The first-order chi connectivity index (χ1) is 11.2. The van der Waals surface area contributed by atoms with Crippen molar-refractivity contribution in [2.24, 2.45) is 0 Å². The van der Waals surface area contributed by atoms with Crippen molar-refractivity contribution < 1.29 is 18.7 Å². The van der Waals surface area contributed by atoms with Crippen LogP contribution in [0.3, 0.4) is 0 Å². The predicted molar refractivity (Wildman–Crippen MR) is 87.8 cm³/mol. The van der Waals surface area contributed by atoms with Crippen LogP contribution in [0.5, 0.6) is 0 Å². The molecule has 6 nitrogen and oxygen atoms in total. The van der Waals surface area contributed by atoms with Crippen LogP contribution in [-0.4, -0.2) is 24.0 Å². The van der Waals surface area contributed by atoms with Crippen molar-refractivity contribution in [3.05, 3.63) is 45.8 Å². The van der Waals surface area contributed by atoms with E-state index in [0.29, 0.717) is 22.0 Å². The third-order valence-electron chi connectivity index (χ3n) is 2.94. The Kier molecular flexibility index (Phi) is 4.54. The Labute approximate surface area is 139 Å². The summed E-state index contributed by atoms with van der Waals surface area (Å²) < 4.78 is 9.95. The van der Waals surface area contributed by atoms with Crippen LogP contribution in [-0.2, 0) is 16.0 Å². The van der Waals surface area contributed by atoms with Crippen molar-refractivity contribution in [1.82, 2.24) is 4.98 Å². The number of furan rings is 1. The molecule has 23 heavy (non-hydrogen) atoms. The van der Waals surface area contributed by atoms with E-state index in [4.69, 9.17) is 4.42 Å². The number of thiophene rings is 1. The zero-order chi connectivity index (χ0) is 16.2. The topological polar surface area (TPSA) is 81.4 Å². The van der Waals surface area contributed by atoms with Gasteiger partial charge in [-0.15, -0.1) is 22.7 Å². The molecular formula is C15H12N2O4S2. The van der Waals surface area contributed by atoms with E-state index >= 15 is 0 Å². The van der Waals surface area contributed by atoms with Crippen LogP contribution in [0.25, 0.3) is 10.8 Å². The van der Waals surface area contributed by atoms with Crippen LogP contribution in [0.15, 0.2) is 39.6 Å². The van der Waals surface area contributed by atoms with Crippen LogP contribution in [0, 0.1) is 0 Å². The summed E-state index contributed by atoms with van der Waals surface area (Å²) in [5, 5.41) is 6.97. The molecule has 1 N–H and O–H groups in total. The molecule has 0 atom stereocenters. The summed E-state index contributed by atoms with van der Waals surface area (Å²) in [6, 6.07) is 5.27. The Morgan fingerprint density at radius 2 is 2.22 bits per heavy atom. The van der Waals surface area contributed by atoms with Crippen molar-refractivity contribution in [3.63, 3.8) is 0 Å². The summed E-state index contributed by atoms with van der Waals surface area (Å²) in [4.78, 5) is 28.4. The second-order valence-corrected chi connectivity index (χ2v) is 6.28. The van der Waals surface area contributed by atoms with E-state index in [2.05, 4.69) is 15.0 Å². The smallest absolute Gasteiger partial charge is 0.350 e. The minimum absolute atomic E-state index is 0.119. The van der Waals surface area contributed by atoms with Gasteiger partial charge in [0.25, 0.3) is 0 Å². The number of carbonyl (C=O) groups is 2. The molecule has 0 aliphatic carbocycles. The quantitative estimate of drug-likeness (QED) is 0.714. The van der Waals surface area contributed by atoms with Gasteiger partial charge in [-0.05, 0) is 23.6 Å². The Morgan fingerprint density at radius 1 is 1.35 bits per heavy atom. The summed E-state index contributed by atoms with van der Waals surface area (Å²) in [6.45, 7) is 0. The first-order valence-electron chi connectivity index (χ1n) is 6.61. The highest BCUT2D eigenvalue weighted by atomic mass is 32.1. The van der Waals surface area contributed by atoms with Gasteiger partial charge in [0.05, 0.1) is 31.2 Å². The molecule has 3 rings (SSSR count). The maximum Gasteiger partial charge on any atom is 0.350 e. The molecule has 3 aromatic rings. The van der Waals surface area contributed by atoms with Gasteiger partial charge in [0.2, 0.25) is 5.91 Å². The zero-order valence-corrected chi connectivity index (χ0v) is 13.7. The normalized spacial score (nSPS) is 10.5. The Balaban J connectivity index is 1.66. The van der Waals surface area contributed by atoms with Crippen molar-refractivity contribution in [2.45, 2.75) is 6.42 Å². The van der Waals surface area contributed by atoms with E-state index in [0.717, 1.165) is 5.01 Å². The Bertz CT molecular complexity index is 820. The summed E-state index contributed by atoms with van der Waals surface area (Å²) in [7, 11) is 1.30. The average Bonchev–Trinajstić information content (AvgIpc) is 3.27. The van der Waals surface area contributed by atoms with Gasteiger partial charge in [0.15, 0.2) is 10.8 Å². The van der Waals surface area contributed by atoms with Gasteiger partial charge in [-0.3, -0.25) is 4.79 Å². The van der Waals surface area contributed by atoms with Crippen molar-refractivity contribution in [3.8, 4) is 10.8 Å². The molecule has 118 valence electrons. The minimum Gasteiger partial charge on any atom is -0.465 e. The molecule has 0 bridgehead atoms. The van der Waals surface area contributed by atoms with Gasteiger partial charge in [-0.1, -0.05) is 0 Å². The average molecular weight is 348 g/mol. The molecule has 0 aliphatic rings. The maximum atomic E-state index is 12.1. The number of hydrogen-bond donors (Lipinski definition) is 1. The van der Waals surface area contributed by atoms with E-state index in [-0.39, 0.29) is 12.3 Å². The summed E-state index contributed by atoms with van der Waals surface area (Å²) in [5.74, 6) is -0.0404. The first-order valence-corrected chi connectivity index (χ1v) is 8.37. The molecule has 0 unspecified atom stereocenters. The highest BCUT2D eigenvalue weighted by Crippen LogP contribution is 2.25. The van der Waals surface area contributed by atoms with Gasteiger partial charge in [-0.2, -0.15) is 0 Å². The number of rotatable bonds is 5. The lowest BCUT2D eigenvalue weighted by atomic mass is 10.3. The molecule has 3 heterocycles. The molecule has 0 saturated carbocycles. The van der Waals surface area contributed by atoms with Crippen LogP contribution in [0.4, 0.5) is 5.69 Å². The summed E-state index contributed by atoms with van der Waals surface area (Å²) >= 11 is 2.63. The fourth-order valence-corrected chi connectivity index (χ4v) is 3.47. The number of aromatic nitrogens is 1. The lowest BCUT2D eigenvalue weighted by molar-refractivity contribution is -0.115. The molecule has 0 saturated heterocycles. The second kappa shape index (κ2) is 6.76. The summed E-state index contributed by atoms with van der Waals surface area (Å²) in [6.07, 6.45) is 1.70. The first kappa shape index (κ1) is 15.4. The van der Waals surface area contributed by atoms with Crippen molar-refractivity contribution in [1.29, 1.82) is 0 Å². The van der Waals surface area contributed by atoms with Crippen LogP contribution < -0.4 is 5.32 Å². The van der Waals surface area contributed by atoms with Crippen molar-refractivity contribution >= 4 is 40.2 Å². The van der Waals surface area contributed by atoms with Crippen LogP contribution >= 0.6 is 22.7 Å². The number of carbonyl (C=O) groups excluding carboxylic acids is 2. The van der Waals surface area contributed by atoms with Gasteiger partial charge in [0, 0.05) is 5.38 Å². The molecular weight excluding hydrogens is 336 g/mol. The summed E-state index contributed by atoms with van der Waals surface area (Å²) in [5.41, 5.74) is 1.10. The molecule has 3 aromatic heterocycles. The lowest BCUT2D eigenvalue weighted by Crippen LogP contribution is -2.16. The number of amides is 1. The number of thiazole rings is 1. The molecule has 1 amide bonds. The fourth-order valence-electron chi connectivity index (χ4n) is 1.92. The Morgan fingerprint density at radius 3 is 2.96 bits per heavy atom. The number of nitrogens with one attached hydrogen (secondary N) is 1. The van der Waals surface area contributed by atoms with Crippen LogP contribution in [0.2, 0.25) is 0 Å². The largest absolute Gasteiger partial charge is 0.465 e. The van der Waals surface area contributed by atoms with Crippen molar-refractivity contribution in [2.75, 3.05) is 12.4 Å². The number of methoxy groups -OCH3 is 1. The number of ether oxygens (including phenoxy) is 1. The molecule has 8 heteroatoms. The van der Waals surface area contributed by atoms with E-state index in [1.165, 1.54) is 29.8 Å². The molecule has 0 fully saturated rings. The number of anilines is 1. The van der Waals surface area contributed by atoms with E-state index in [1.54, 1.807) is 23.8 Å². The molecule has 0 radical (unpaired) electrons.